The molecule has 1 heterocycles. The highest BCUT2D eigenvalue weighted by molar-refractivity contribution is 5.91. The van der Waals surface area contributed by atoms with Crippen LogP contribution in [0.2, 0.25) is 0 Å². The number of carboxylic acid groups (broad SMARTS) is 1. The summed E-state index contributed by atoms with van der Waals surface area (Å²) in [4.78, 5) is 42.5. The molecular weight excluding hydrogens is 544 g/mol. The molecule has 0 bridgehead atoms. The molecular formula is C34H38N4O5. The van der Waals surface area contributed by atoms with Gasteiger partial charge in [0.15, 0.2) is 0 Å². The van der Waals surface area contributed by atoms with E-state index in [1.807, 2.05) is 65.4 Å². The average molecular weight is 583 g/mol. The van der Waals surface area contributed by atoms with Crippen molar-refractivity contribution in [2.24, 2.45) is 0 Å². The summed E-state index contributed by atoms with van der Waals surface area (Å²) in [5, 5.41) is 14.7. The molecule has 0 aliphatic rings. The average Bonchev–Trinajstić information content (AvgIpc) is 3.42. The number of amides is 2. The summed E-state index contributed by atoms with van der Waals surface area (Å²) in [5.74, 6) is -1.88. The monoisotopic (exact) mass is 582 g/mol. The third-order valence-electron chi connectivity index (χ3n) is 6.99. The zero-order valence-corrected chi connectivity index (χ0v) is 25.1. The molecule has 4 aromatic rings. The van der Waals surface area contributed by atoms with Crippen molar-refractivity contribution < 1.29 is 24.2 Å². The van der Waals surface area contributed by atoms with Crippen LogP contribution in [0.5, 0.6) is 0 Å². The minimum Gasteiger partial charge on any atom is -0.480 e. The Labute approximate surface area is 251 Å². The highest BCUT2D eigenvalue weighted by Gasteiger charge is 2.39. The second-order valence-corrected chi connectivity index (χ2v) is 11.9. The molecule has 3 aromatic carbocycles. The first-order valence-electron chi connectivity index (χ1n) is 14.1. The Morgan fingerprint density at radius 3 is 1.70 bits per heavy atom. The van der Waals surface area contributed by atoms with Gasteiger partial charge >= 0.3 is 12.1 Å². The van der Waals surface area contributed by atoms with Crippen molar-refractivity contribution in [2.75, 3.05) is 0 Å². The molecule has 9 nitrogen and oxygen atoms in total. The largest absolute Gasteiger partial charge is 0.480 e. The van der Waals surface area contributed by atoms with Gasteiger partial charge in [-0.3, -0.25) is 4.79 Å². The highest BCUT2D eigenvalue weighted by Crippen LogP contribution is 2.40. The van der Waals surface area contributed by atoms with E-state index < -0.39 is 40.7 Å². The number of alkyl carbamates (subject to hydrolysis) is 1. The van der Waals surface area contributed by atoms with Crippen LogP contribution >= 0.6 is 0 Å². The maximum atomic E-state index is 13.4. The van der Waals surface area contributed by atoms with Crippen LogP contribution < -0.4 is 10.6 Å². The molecule has 0 fully saturated rings. The third kappa shape index (κ3) is 7.12. The minimum atomic E-state index is -1.56. The van der Waals surface area contributed by atoms with Crippen LogP contribution in [0.1, 0.15) is 57.0 Å². The smallest absolute Gasteiger partial charge is 0.408 e. The van der Waals surface area contributed by atoms with Crippen molar-refractivity contribution in [3.63, 3.8) is 0 Å². The maximum absolute atomic E-state index is 13.4. The fraction of sp³-hybridized carbons (Fsp3) is 0.294. The van der Waals surface area contributed by atoms with E-state index in [0.29, 0.717) is 5.69 Å². The van der Waals surface area contributed by atoms with Gasteiger partial charge in [0.2, 0.25) is 5.91 Å². The first-order valence-corrected chi connectivity index (χ1v) is 14.1. The van der Waals surface area contributed by atoms with E-state index in [1.165, 1.54) is 13.8 Å². The topological polar surface area (TPSA) is 123 Å². The fourth-order valence-corrected chi connectivity index (χ4v) is 4.95. The minimum absolute atomic E-state index is 0.0117. The number of aromatic nitrogens is 2. The van der Waals surface area contributed by atoms with E-state index in [2.05, 4.69) is 52.0 Å². The molecule has 1 aromatic heterocycles. The first-order chi connectivity index (χ1) is 20.3. The third-order valence-corrected chi connectivity index (χ3v) is 6.99. The summed E-state index contributed by atoms with van der Waals surface area (Å²) in [6.45, 7) is 7.90. The molecule has 0 aliphatic carbocycles. The number of rotatable bonds is 10. The number of carboxylic acids is 1. The number of hydrogen-bond donors (Lipinski definition) is 3. The highest BCUT2D eigenvalue weighted by atomic mass is 16.6. The van der Waals surface area contributed by atoms with Gasteiger partial charge in [-0.1, -0.05) is 91.0 Å². The molecule has 1 atom stereocenters. The predicted octanol–water partition coefficient (Wildman–Crippen LogP) is 5.14. The van der Waals surface area contributed by atoms with Crippen molar-refractivity contribution in [1.29, 1.82) is 0 Å². The summed E-state index contributed by atoms with van der Waals surface area (Å²) in [7, 11) is 0. The van der Waals surface area contributed by atoms with Crippen molar-refractivity contribution in [3.05, 3.63) is 126 Å². The Hall–Kier alpha value is -4.92. The summed E-state index contributed by atoms with van der Waals surface area (Å²) in [6, 6.07) is 29.1. The number of aliphatic carboxylic acids is 1. The fourth-order valence-electron chi connectivity index (χ4n) is 4.95. The molecule has 43 heavy (non-hydrogen) atoms. The molecule has 4 rings (SSSR count). The Bertz CT molecular complexity index is 1450. The number of ether oxygens (including phenoxy) is 1. The van der Waals surface area contributed by atoms with Crippen molar-refractivity contribution in [2.45, 2.75) is 63.8 Å². The zero-order chi connectivity index (χ0) is 31.3. The lowest BCUT2D eigenvalue weighted by Crippen LogP contribution is -2.57. The van der Waals surface area contributed by atoms with Crippen molar-refractivity contribution >= 4 is 18.0 Å². The van der Waals surface area contributed by atoms with E-state index >= 15 is 0 Å². The number of benzene rings is 3. The Morgan fingerprint density at radius 1 is 0.814 bits per heavy atom. The van der Waals surface area contributed by atoms with Gasteiger partial charge in [0.25, 0.3) is 0 Å². The quantitative estimate of drug-likeness (QED) is 0.223. The molecule has 0 saturated heterocycles. The Morgan fingerprint density at radius 2 is 1.28 bits per heavy atom. The second-order valence-electron chi connectivity index (χ2n) is 11.9. The molecule has 3 N–H and O–H groups in total. The number of nitrogens with one attached hydrogen (secondary N) is 2. The van der Waals surface area contributed by atoms with Gasteiger partial charge in [-0.25, -0.2) is 14.6 Å². The van der Waals surface area contributed by atoms with Gasteiger partial charge in [-0.05, 0) is 51.3 Å². The zero-order valence-electron chi connectivity index (χ0n) is 25.1. The summed E-state index contributed by atoms with van der Waals surface area (Å²) in [6.07, 6.45) is 2.76. The van der Waals surface area contributed by atoms with E-state index in [0.717, 1.165) is 16.7 Å². The molecule has 0 unspecified atom stereocenters. The van der Waals surface area contributed by atoms with Gasteiger partial charge in [-0.2, -0.15) is 0 Å². The predicted molar refractivity (Wildman–Crippen MR) is 164 cm³/mol. The molecule has 9 heteroatoms. The Kier molecular flexibility index (Phi) is 9.04. The van der Waals surface area contributed by atoms with Crippen LogP contribution in [0.3, 0.4) is 0 Å². The van der Waals surface area contributed by atoms with Gasteiger partial charge in [-0.15, -0.1) is 0 Å². The lowest BCUT2D eigenvalue weighted by molar-refractivity contribution is -0.146. The molecule has 2 amide bonds. The first kappa shape index (κ1) is 31.0. The van der Waals surface area contributed by atoms with E-state index in [9.17, 15) is 19.5 Å². The normalized spacial score (nSPS) is 12.7. The Balaban J connectivity index is 1.79. The molecule has 0 spiro atoms. The summed E-state index contributed by atoms with van der Waals surface area (Å²) < 4.78 is 7.40. The SMILES string of the molecule is CC(C)(C)OC(=O)N[C@@H](Cc1cn(C(c2ccccc2)(c2ccccc2)c2ccccc2)cn1)C(=O)NC(C)(C)C(=O)O. The van der Waals surface area contributed by atoms with Crippen LogP contribution in [-0.2, 0) is 26.3 Å². The van der Waals surface area contributed by atoms with E-state index in [4.69, 9.17) is 4.74 Å². The van der Waals surface area contributed by atoms with Crippen molar-refractivity contribution in [3.8, 4) is 0 Å². The number of carbonyl (C=O) groups excluding carboxylic acids is 2. The van der Waals surface area contributed by atoms with Gasteiger partial charge in [0.1, 0.15) is 22.7 Å². The van der Waals surface area contributed by atoms with Crippen LogP contribution in [-0.4, -0.2) is 49.8 Å². The number of nitrogens with zero attached hydrogens (tertiary/aromatic N) is 2. The molecule has 224 valence electrons. The number of carbonyl (C=O) groups is 3. The molecule has 0 aliphatic heterocycles. The van der Waals surface area contributed by atoms with Crippen LogP contribution in [0.4, 0.5) is 4.79 Å². The lowest BCUT2D eigenvalue weighted by Gasteiger charge is -2.37. The number of hydrogen-bond acceptors (Lipinski definition) is 5. The van der Waals surface area contributed by atoms with Crippen LogP contribution in [0.25, 0.3) is 0 Å². The second kappa shape index (κ2) is 12.5. The lowest BCUT2D eigenvalue weighted by atomic mass is 9.77. The van der Waals surface area contributed by atoms with E-state index in [-0.39, 0.29) is 6.42 Å². The summed E-state index contributed by atoms with van der Waals surface area (Å²) >= 11 is 0. The summed E-state index contributed by atoms with van der Waals surface area (Å²) in [5.41, 5.74) is 0.344. The molecule has 0 radical (unpaired) electrons. The van der Waals surface area contributed by atoms with Gasteiger partial charge < -0.3 is 25.0 Å². The maximum Gasteiger partial charge on any atom is 0.408 e. The van der Waals surface area contributed by atoms with Crippen LogP contribution in [0.15, 0.2) is 104 Å². The van der Waals surface area contributed by atoms with E-state index in [1.54, 1.807) is 27.1 Å². The standard InChI is InChI=1S/C34H38N4O5/c1-32(2,3)43-31(42)36-28(29(39)37-33(4,5)30(40)41)21-27-22-38(23-35-27)34(24-15-9-6-10-16-24,25-17-11-7-12-18-25)26-19-13-8-14-20-26/h6-20,22-23,28H,21H2,1-5H3,(H,36,42)(H,37,39)(H,40,41)/t28-/m0/s1. The van der Waals surface area contributed by atoms with Crippen molar-refractivity contribution in [1.82, 2.24) is 20.2 Å². The van der Waals surface area contributed by atoms with Gasteiger partial charge in [0.05, 0.1) is 12.0 Å². The van der Waals surface area contributed by atoms with Gasteiger partial charge in [0, 0.05) is 12.6 Å². The molecule has 0 saturated carbocycles. The van der Waals surface area contributed by atoms with Crippen LogP contribution in [0, 0.1) is 0 Å². The number of imidazole rings is 1.